The monoisotopic (exact) mass is 228 g/mol. The van der Waals surface area contributed by atoms with E-state index in [1.165, 1.54) is 18.0 Å². The molecule has 0 bridgehead atoms. The first kappa shape index (κ1) is 12.6. The van der Waals surface area contributed by atoms with Crippen molar-refractivity contribution < 1.29 is 13.6 Å². The van der Waals surface area contributed by atoms with Crippen molar-refractivity contribution in [3.05, 3.63) is 35.4 Å². The Balaban J connectivity index is 2.77. The third kappa shape index (κ3) is 3.00. The molecule has 1 rings (SSSR count). The Bertz CT molecular complexity index is 394. The van der Waals surface area contributed by atoms with Crippen LogP contribution in [-0.2, 0) is 11.3 Å². The van der Waals surface area contributed by atoms with E-state index in [9.17, 15) is 13.6 Å². The molecule has 5 heteroatoms. The summed E-state index contributed by atoms with van der Waals surface area (Å²) in [6.45, 7) is 1.63. The number of nitrogens with two attached hydrogens (primary N) is 1. The van der Waals surface area contributed by atoms with Crippen molar-refractivity contribution in [2.24, 2.45) is 5.73 Å². The van der Waals surface area contributed by atoms with Crippen molar-refractivity contribution in [1.29, 1.82) is 0 Å². The van der Waals surface area contributed by atoms with E-state index in [4.69, 9.17) is 5.73 Å². The Morgan fingerprint density at radius 3 is 2.62 bits per heavy atom. The van der Waals surface area contributed by atoms with Gasteiger partial charge in [0.15, 0.2) is 0 Å². The van der Waals surface area contributed by atoms with Crippen LogP contribution in [-0.4, -0.2) is 23.9 Å². The molecule has 0 aliphatic rings. The van der Waals surface area contributed by atoms with E-state index < -0.39 is 17.7 Å². The third-order valence-corrected chi connectivity index (χ3v) is 2.19. The van der Waals surface area contributed by atoms with Crippen molar-refractivity contribution in [2.75, 3.05) is 7.05 Å². The lowest BCUT2D eigenvalue weighted by Gasteiger charge is -2.19. The average Bonchev–Trinajstić information content (AvgIpc) is 2.20. The lowest BCUT2D eigenvalue weighted by molar-refractivity contribution is -0.131. The van der Waals surface area contributed by atoms with Crippen molar-refractivity contribution in [1.82, 2.24) is 4.90 Å². The molecule has 3 nitrogen and oxygen atoms in total. The maximum atomic E-state index is 13.3. The van der Waals surface area contributed by atoms with Gasteiger partial charge >= 0.3 is 0 Å². The van der Waals surface area contributed by atoms with Crippen LogP contribution in [0.3, 0.4) is 0 Å². The Labute approximate surface area is 92.8 Å². The molecular formula is C11H14F2N2O. The predicted molar refractivity (Wildman–Crippen MR) is 56.5 cm³/mol. The highest BCUT2D eigenvalue weighted by atomic mass is 19.1. The van der Waals surface area contributed by atoms with Crippen LogP contribution in [0.2, 0.25) is 0 Å². The van der Waals surface area contributed by atoms with Crippen LogP contribution in [0.4, 0.5) is 8.78 Å². The van der Waals surface area contributed by atoms with Gasteiger partial charge < -0.3 is 10.6 Å². The van der Waals surface area contributed by atoms with E-state index in [1.54, 1.807) is 6.92 Å². The van der Waals surface area contributed by atoms with Crippen molar-refractivity contribution in [3.63, 3.8) is 0 Å². The largest absolute Gasteiger partial charge is 0.340 e. The number of rotatable bonds is 3. The summed E-state index contributed by atoms with van der Waals surface area (Å²) in [6.07, 6.45) is 0. The molecule has 1 unspecified atom stereocenters. The maximum Gasteiger partial charge on any atom is 0.239 e. The molecule has 0 fully saturated rings. The lowest BCUT2D eigenvalue weighted by atomic mass is 10.2. The van der Waals surface area contributed by atoms with Crippen molar-refractivity contribution >= 4 is 5.91 Å². The van der Waals surface area contributed by atoms with Crippen LogP contribution in [0.15, 0.2) is 18.2 Å². The summed E-state index contributed by atoms with van der Waals surface area (Å²) >= 11 is 0. The zero-order valence-corrected chi connectivity index (χ0v) is 9.21. The summed E-state index contributed by atoms with van der Waals surface area (Å²) < 4.78 is 25.9. The van der Waals surface area contributed by atoms with Crippen LogP contribution < -0.4 is 5.73 Å². The standard InChI is InChI=1S/C11H14F2N2O/c1-7(14)11(16)15(2)6-8-3-4-9(12)5-10(8)13/h3-5,7H,6,14H2,1-2H3. The Hall–Kier alpha value is -1.49. The molecule has 1 aromatic carbocycles. The van der Waals surface area contributed by atoms with Gasteiger partial charge in [0.25, 0.3) is 0 Å². The average molecular weight is 228 g/mol. The van der Waals surface area contributed by atoms with Gasteiger partial charge in [0.2, 0.25) is 5.91 Å². The molecule has 0 aliphatic carbocycles. The van der Waals surface area contributed by atoms with Crippen molar-refractivity contribution in [3.8, 4) is 0 Å². The summed E-state index contributed by atoms with van der Waals surface area (Å²) in [5, 5.41) is 0. The zero-order chi connectivity index (χ0) is 12.3. The van der Waals surface area contributed by atoms with E-state index in [0.717, 1.165) is 12.1 Å². The van der Waals surface area contributed by atoms with Crippen LogP contribution in [0.25, 0.3) is 0 Å². The van der Waals surface area contributed by atoms with E-state index >= 15 is 0 Å². The third-order valence-electron chi connectivity index (χ3n) is 2.19. The SMILES string of the molecule is CC(N)C(=O)N(C)Cc1ccc(F)cc1F. The van der Waals surface area contributed by atoms with E-state index in [-0.39, 0.29) is 18.0 Å². The van der Waals surface area contributed by atoms with E-state index in [0.29, 0.717) is 0 Å². The second-order valence-corrected chi connectivity index (χ2v) is 3.72. The summed E-state index contributed by atoms with van der Waals surface area (Å²) in [5.41, 5.74) is 5.67. The Morgan fingerprint density at radius 2 is 2.12 bits per heavy atom. The van der Waals surface area contributed by atoms with Gasteiger partial charge in [-0.25, -0.2) is 8.78 Å². The minimum atomic E-state index is -0.663. The molecule has 1 amide bonds. The minimum absolute atomic E-state index is 0.0759. The number of halogens is 2. The van der Waals surface area contributed by atoms with Gasteiger partial charge in [-0.3, -0.25) is 4.79 Å². The molecule has 0 aliphatic heterocycles. The van der Waals surface area contributed by atoms with Gasteiger partial charge in [-0.2, -0.15) is 0 Å². The second kappa shape index (κ2) is 5.03. The van der Waals surface area contributed by atoms with Gasteiger partial charge in [-0.05, 0) is 13.0 Å². The predicted octanol–water partition coefficient (Wildman–Crippen LogP) is 1.27. The minimum Gasteiger partial charge on any atom is -0.340 e. The number of nitrogens with zero attached hydrogens (tertiary/aromatic N) is 1. The summed E-state index contributed by atoms with van der Waals surface area (Å²) in [6, 6.07) is 2.63. The maximum absolute atomic E-state index is 13.3. The number of hydrogen-bond acceptors (Lipinski definition) is 2. The highest BCUT2D eigenvalue weighted by molar-refractivity contribution is 5.80. The summed E-state index contributed by atoms with van der Waals surface area (Å²) in [7, 11) is 1.52. The first-order valence-corrected chi connectivity index (χ1v) is 4.86. The molecular weight excluding hydrogens is 214 g/mol. The van der Waals surface area contributed by atoms with Crippen molar-refractivity contribution in [2.45, 2.75) is 19.5 Å². The number of carbonyl (C=O) groups is 1. The molecule has 0 saturated carbocycles. The molecule has 0 radical (unpaired) electrons. The van der Waals surface area contributed by atoms with Crippen LogP contribution in [0.5, 0.6) is 0 Å². The topological polar surface area (TPSA) is 46.3 Å². The fourth-order valence-corrected chi connectivity index (χ4v) is 1.33. The number of hydrogen-bond donors (Lipinski definition) is 1. The second-order valence-electron chi connectivity index (χ2n) is 3.72. The molecule has 16 heavy (non-hydrogen) atoms. The molecule has 0 spiro atoms. The normalized spacial score (nSPS) is 12.3. The number of amides is 1. The van der Waals surface area contributed by atoms with Gasteiger partial charge in [-0.15, -0.1) is 0 Å². The molecule has 1 atom stereocenters. The number of carbonyl (C=O) groups excluding carboxylic acids is 1. The number of likely N-dealkylation sites (N-methyl/N-ethyl adjacent to an activating group) is 1. The van der Waals surface area contributed by atoms with Crippen LogP contribution in [0, 0.1) is 11.6 Å². The fourth-order valence-electron chi connectivity index (χ4n) is 1.33. The van der Waals surface area contributed by atoms with E-state index in [1.807, 2.05) is 0 Å². The molecule has 0 heterocycles. The lowest BCUT2D eigenvalue weighted by Crippen LogP contribution is -2.39. The molecule has 2 N–H and O–H groups in total. The fraction of sp³-hybridized carbons (Fsp3) is 0.364. The zero-order valence-electron chi connectivity index (χ0n) is 9.21. The molecule has 88 valence electrons. The highest BCUT2D eigenvalue weighted by Gasteiger charge is 2.15. The molecule has 0 saturated heterocycles. The van der Waals surface area contributed by atoms with Crippen LogP contribution in [0.1, 0.15) is 12.5 Å². The Morgan fingerprint density at radius 1 is 1.50 bits per heavy atom. The first-order valence-electron chi connectivity index (χ1n) is 4.86. The smallest absolute Gasteiger partial charge is 0.239 e. The van der Waals surface area contributed by atoms with E-state index in [2.05, 4.69) is 0 Å². The summed E-state index contributed by atoms with van der Waals surface area (Å²) in [4.78, 5) is 12.7. The molecule has 0 aromatic heterocycles. The highest BCUT2D eigenvalue weighted by Crippen LogP contribution is 2.11. The van der Waals surface area contributed by atoms with Gasteiger partial charge in [-0.1, -0.05) is 6.07 Å². The van der Waals surface area contributed by atoms with Gasteiger partial charge in [0, 0.05) is 25.2 Å². The van der Waals surface area contributed by atoms with Crippen LogP contribution >= 0.6 is 0 Å². The summed E-state index contributed by atoms with van der Waals surface area (Å²) in [5.74, 6) is -1.59. The first-order chi connectivity index (χ1) is 7.41. The quantitative estimate of drug-likeness (QED) is 0.846. The van der Waals surface area contributed by atoms with Gasteiger partial charge in [0.05, 0.1) is 6.04 Å². The molecule has 1 aromatic rings. The van der Waals surface area contributed by atoms with Gasteiger partial charge in [0.1, 0.15) is 11.6 Å². The number of benzene rings is 1. The Kier molecular flexibility index (Phi) is 3.95.